The largest absolute Gasteiger partial charge is 0.397 e. The van der Waals surface area contributed by atoms with Crippen LogP contribution in [0.15, 0.2) is 54.7 Å². The summed E-state index contributed by atoms with van der Waals surface area (Å²) in [5.74, 6) is -0.148. The number of carbonyl (C=O) groups excluding carboxylic acids is 1. The Hall–Kier alpha value is -2.46. The van der Waals surface area contributed by atoms with Gasteiger partial charge in [-0.3, -0.25) is 4.79 Å². The Balaban J connectivity index is 1.79. The van der Waals surface area contributed by atoms with E-state index in [4.69, 9.17) is 17.3 Å². The molecular weight excluding hydrogens is 286 g/mol. The third-order valence-corrected chi connectivity index (χ3v) is 3.52. The van der Waals surface area contributed by atoms with Crippen molar-refractivity contribution in [2.75, 3.05) is 11.1 Å². The molecule has 4 nitrogen and oxygen atoms in total. The molecule has 0 aliphatic rings. The summed E-state index contributed by atoms with van der Waals surface area (Å²) in [7, 11) is 0. The van der Waals surface area contributed by atoms with Crippen LogP contribution in [-0.2, 0) is 11.3 Å². The molecule has 0 spiro atoms. The van der Waals surface area contributed by atoms with Crippen LogP contribution in [0.3, 0.4) is 0 Å². The van der Waals surface area contributed by atoms with Crippen molar-refractivity contribution in [1.82, 2.24) is 4.57 Å². The number of nitrogens with zero attached hydrogens (tertiary/aromatic N) is 1. The number of nitrogen functional groups attached to an aromatic ring is 1. The predicted octanol–water partition coefficient (Wildman–Crippen LogP) is 3.52. The molecular formula is C16H14ClN3O. The third-order valence-electron chi connectivity index (χ3n) is 3.28. The highest BCUT2D eigenvalue weighted by Gasteiger charge is 2.08. The molecule has 3 aromatic rings. The molecule has 1 aromatic heterocycles. The molecule has 0 saturated carbocycles. The zero-order chi connectivity index (χ0) is 14.8. The van der Waals surface area contributed by atoms with Crippen LogP contribution < -0.4 is 11.1 Å². The summed E-state index contributed by atoms with van der Waals surface area (Å²) < 4.78 is 1.89. The summed E-state index contributed by atoms with van der Waals surface area (Å²) in [4.78, 5) is 12.2. The standard InChI is InChI=1S/C16H14ClN3O/c17-12-5-6-13(18)14(9-12)19-16(21)10-20-8-7-11-3-1-2-4-15(11)20/h1-9H,10,18H2,(H,19,21). The van der Waals surface area contributed by atoms with Gasteiger partial charge in [-0.15, -0.1) is 0 Å². The van der Waals surface area contributed by atoms with Gasteiger partial charge in [0.1, 0.15) is 6.54 Å². The van der Waals surface area contributed by atoms with Crippen molar-refractivity contribution in [3.63, 3.8) is 0 Å². The second kappa shape index (κ2) is 5.50. The molecule has 0 saturated heterocycles. The highest BCUT2D eigenvalue weighted by atomic mass is 35.5. The van der Waals surface area contributed by atoms with Gasteiger partial charge in [-0.1, -0.05) is 29.8 Å². The van der Waals surface area contributed by atoms with Crippen LogP contribution in [0.1, 0.15) is 0 Å². The Morgan fingerprint density at radius 1 is 1.19 bits per heavy atom. The minimum atomic E-state index is -0.148. The van der Waals surface area contributed by atoms with Crippen LogP contribution in [-0.4, -0.2) is 10.5 Å². The van der Waals surface area contributed by atoms with Crippen molar-refractivity contribution < 1.29 is 4.79 Å². The number of nitrogens with two attached hydrogens (primary N) is 1. The molecule has 5 heteroatoms. The molecule has 1 amide bonds. The van der Waals surface area contributed by atoms with Crippen LogP contribution in [0.25, 0.3) is 10.9 Å². The summed E-state index contributed by atoms with van der Waals surface area (Å²) in [5, 5.41) is 4.42. The average molecular weight is 300 g/mol. The van der Waals surface area contributed by atoms with Gasteiger partial charge in [0.05, 0.1) is 11.4 Å². The molecule has 0 fully saturated rings. The van der Waals surface area contributed by atoms with Gasteiger partial charge in [-0.25, -0.2) is 0 Å². The zero-order valence-corrected chi connectivity index (χ0v) is 12.0. The lowest BCUT2D eigenvalue weighted by molar-refractivity contribution is -0.116. The molecule has 3 rings (SSSR count). The van der Waals surface area contributed by atoms with E-state index < -0.39 is 0 Å². The fourth-order valence-electron chi connectivity index (χ4n) is 2.26. The van der Waals surface area contributed by atoms with E-state index in [0.29, 0.717) is 16.4 Å². The van der Waals surface area contributed by atoms with E-state index in [0.717, 1.165) is 10.9 Å². The fourth-order valence-corrected chi connectivity index (χ4v) is 2.43. The Kier molecular flexibility index (Phi) is 3.54. The number of benzene rings is 2. The molecule has 0 radical (unpaired) electrons. The fraction of sp³-hybridized carbons (Fsp3) is 0.0625. The number of para-hydroxylation sites is 1. The summed E-state index contributed by atoms with van der Waals surface area (Å²) in [6.45, 7) is 0.222. The average Bonchev–Trinajstić information content (AvgIpc) is 2.86. The van der Waals surface area contributed by atoms with E-state index in [1.807, 2.05) is 41.1 Å². The van der Waals surface area contributed by atoms with Gasteiger partial charge >= 0.3 is 0 Å². The van der Waals surface area contributed by atoms with Gasteiger partial charge < -0.3 is 15.6 Å². The van der Waals surface area contributed by atoms with E-state index >= 15 is 0 Å². The molecule has 0 bridgehead atoms. The smallest absolute Gasteiger partial charge is 0.244 e. The molecule has 0 unspecified atom stereocenters. The normalized spacial score (nSPS) is 10.7. The maximum atomic E-state index is 12.2. The van der Waals surface area contributed by atoms with Crippen molar-refractivity contribution in [1.29, 1.82) is 0 Å². The summed E-state index contributed by atoms with van der Waals surface area (Å²) in [6, 6.07) is 14.9. The first-order valence-corrected chi connectivity index (χ1v) is 6.90. The minimum absolute atomic E-state index is 0.148. The molecule has 0 aliphatic carbocycles. The zero-order valence-electron chi connectivity index (χ0n) is 11.2. The van der Waals surface area contributed by atoms with Gasteiger partial charge in [0.15, 0.2) is 0 Å². The Morgan fingerprint density at radius 3 is 2.86 bits per heavy atom. The van der Waals surface area contributed by atoms with Crippen LogP contribution >= 0.6 is 11.6 Å². The molecule has 21 heavy (non-hydrogen) atoms. The molecule has 1 heterocycles. The predicted molar refractivity (Wildman–Crippen MR) is 86.4 cm³/mol. The summed E-state index contributed by atoms with van der Waals surface area (Å²) in [6.07, 6.45) is 1.89. The van der Waals surface area contributed by atoms with Gasteiger partial charge in [0.25, 0.3) is 0 Å². The van der Waals surface area contributed by atoms with E-state index in [9.17, 15) is 4.79 Å². The number of anilines is 2. The van der Waals surface area contributed by atoms with E-state index in [1.54, 1.807) is 18.2 Å². The van der Waals surface area contributed by atoms with Crippen LogP contribution in [0, 0.1) is 0 Å². The number of carbonyl (C=O) groups is 1. The quantitative estimate of drug-likeness (QED) is 0.727. The number of aromatic nitrogens is 1. The first-order valence-electron chi connectivity index (χ1n) is 6.52. The topological polar surface area (TPSA) is 60.0 Å². The minimum Gasteiger partial charge on any atom is -0.397 e. The van der Waals surface area contributed by atoms with Crippen molar-refractivity contribution in [2.24, 2.45) is 0 Å². The summed E-state index contributed by atoms with van der Waals surface area (Å²) >= 11 is 5.91. The van der Waals surface area contributed by atoms with Crippen LogP contribution in [0.2, 0.25) is 5.02 Å². The van der Waals surface area contributed by atoms with Crippen molar-refractivity contribution in [2.45, 2.75) is 6.54 Å². The van der Waals surface area contributed by atoms with Crippen molar-refractivity contribution in [3.05, 3.63) is 59.8 Å². The molecule has 0 aliphatic heterocycles. The second-order valence-electron chi connectivity index (χ2n) is 4.78. The molecule has 3 N–H and O–H groups in total. The van der Waals surface area contributed by atoms with Gasteiger partial charge in [-0.2, -0.15) is 0 Å². The number of hydrogen-bond donors (Lipinski definition) is 2. The van der Waals surface area contributed by atoms with Gasteiger partial charge in [-0.05, 0) is 35.7 Å². The van der Waals surface area contributed by atoms with Crippen LogP contribution in [0.5, 0.6) is 0 Å². The Labute approximate surface area is 127 Å². The summed E-state index contributed by atoms with van der Waals surface area (Å²) in [5.41, 5.74) is 7.86. The van der Waals surface area contributed by atoms with Crippen molar-refractivity contribution in [3.8, 4) is 0 Å². The van der Waals surface area contributed by atoms with E-state index in [1.165, 1.54) is 0 Å². The third kappa shape index (κ3) is 2.85. The lowest BCUT2D eigenvalue weighted by atomic mass is 10.2. The highest BCUT2D eigenvalue weighted by Crippen LogP contribution is 2.23. The Bertz CT molecular complexity index is 810. The number of rotatable bonds is 3. The number of amides is 1. The van der Waals surface area contributed by atoms with E-state index in [2.05, 4.69) is 5.32 Å². The van der Waals surface area contributed by atoms with E-state index in [-0.39, 0.29) is 12.5 Å². The molecule has 2 aromatic carbocycles. The molecule has 0 atom stereocenters. The first kappa shape index (κ1) is 13.5. The van der Waals surface area contributed by atoms with Crippen LogP contribution in [0.4, 0.5) is 11.4 Å². The van der Waals surface area contributed by atoms with Gasteiger partial charge in [0.2, 0.25) is 5.91 Å². The number of fused-ring (bicyclic) bond motifs is 1. The second-order valence-corrected chi connectivity index (χ2v) is 5.22. The molecule has 106 valence electrons. The maximum absolute atomic E-state index is 12.2. The number of nitrogens with one attached hydrogen (secondary N) is 1. The van der Waals surface area contributed by atoms with Gasteiger partial charge in [0, 0.05) is 16.7 Å². The monoisotopic (exact) mass is 299 g/mol. The SMILES string of the molecule is Nc1ccc(Cl)cc1NC(=O)Cn1ccc2ccccc21. The number of halogens is 1. The first-order chi connectivity index (χ1) is 10.1. The highest BCUT2D eigenvalue weighted by molar-refractivity contribution is 6.31. The van der Waals surface area contributed by atoms with Crippen molar-refractivity contribution >= 4 is 39.8 Å². The maximum Gasteiger partial charge on any atom is 0.244 e. The number of hydrogen-bond acceptors (Lipinski definition) is 2. The lowest BCUT2D eigenvalue weighted by Gasteiger charge is -2.10. The lowest BCUT2D eigenvalue weighted by Crippen LogP contribution is -2.18. The Morgan fingerprint density at radius 2 is 2.00 bits per heavy atom.